The van der Waals surface area contributed by atoms with Gasteiger partial charge in [0.1, 0.15) is 6.04 Å². The van der Waals surface area contributed by atoms with Gasteiger partial charge >= 0.3 is 0 Å². The van der Waals surface area contributed by atoms with Crippen molar-refractivity contribution in [2.24, 2.45) is 0 Å². The van der Waals surface area contributed by atoms with Gasteiger partial charge in [-0.1, -0.05) is 43.5 Å². The predicted molar refractivity (Wildman–Crippen MR) is 110 cm³/mol. The number of hydrogen-bond donors (Lipinski definition) is 1. The number of halogens is 1. The Labute approximate surface area is 170 Å². The molecule has 9 heteroatoms. The maximum absolute atomic E-state index is 12.8. The molecular formula is C19H25ClN4O3S. The van der Waals surface area contributed by atoms with E-state index in [-0.39, 0.29) is 11.7 Å². The van der Waals surface area contributed by atoms with Crippen molar-refractivity contribution in [1.82, 2.24) is 14.1 Å². The Bertz CT molecular complexity index is 912. The van der Waals surface area contributed by atoms with Crippen molar-refractivity contribution in [3.63, 3.8) is 0 Å². The summed E-state index contributed by atoms with van der Waals surface area (Å²) in [5, 5.41) is 7.78. The third kappa shape index (κ3) is 5.12. The molecule has 1 amide bonds. The van der Waals surface area contributed by atoms with E-state index in [4.69, 9.17) is 11.6 Å². The molecule has 1 aromatic heterocycles. The number of hydrogen-bond acceptors (Lipinski definition) is 4. The Morgan fingerprint density at radius 2 is 2.07 bits per heavy atom. The lowest BCUT2D eigenvalue weighted by Crippen LogP contribution is -2.44. The van der Waals surface area contributed by atoms with Crippen molar-refractivity contribution in [1.29, 1.82) is 0 Å². The molecule has 7 nitrogen and oxygen atoms in total. The van der Waals surface area contributed by atoms with Crippen LogP contribution in [0.4, 0.5) is 5.69 Å². The van der Waals surface area contributed by atoms with Crippen LogP contribution in [0.1, 0.15) is 38.2 Å². The first-order valence-corrected chi connectivity index (χ1v) is 11.4. The van der Waals surface area contributed by atoms with Crippen LogP contribution in [0, 0.1) is 0 Å². The van der Waals surface area contributed by atoms with Gasteiger partial charge in [-0.15, -0.1) is 0 Å². The number of rotatable bonds is 8. The minimum Gasteiger partial charge on any atom is -0.322 e. The molecule has 2 heterocycles. The Morgan fingerprint density at radius 1 is 1.32 bits per heavy atom. The number of carbonyl (C=O) groups excluding carboxylic acids is 1. The van der Waals surface area contributed by atoms with Gasteiger partial charge in [0, 0.05) is 17.8 Å². The normalized spacial score (nSPS) is 17.5. The minimum atomic E-state index is -3.35. The maximum atomic E-state index is 12.8. The monoisotopic (exact) mass is 424 g/mol. The Kier molecular flexibility index (Phi) is 6.74. The molecule has 1 N–H and O–H groups in total. The van der Waals surface area contributed by atoms with E-state index in [1.807, 2.05) is 31.2 Å². The number of unbranched alkanes of at least 4 members (excludes halogenated alkanes) is 1. The molecule has 1 fully saturated rings. The number of benzene rings is 1. The summed E-state index contributed by atoms with van der Waals surface area (Å²) in [4.78, 5) is 12.8. The van der Waals surface area contributed by atoms with E-state index in [9.17, 15) is 13.2 Å². The smallest absolute Gasteiger partial charge is 0.242 e. The zero-order valence-electron chi connectivity index (χ0n) is 15.8. The minimum absolute atomic E-state index is 0.113. The molecule has 1 aliphatic rings. The third-order valence-corrected chi connectivity index (χ3v) is 6.99. The van der Waals surface area contributed by atoms with Gasteiger partial charge < -0.3 is 5.32 Å². The third-order valence-electron chi connectivity index (χ3n) is 4.78. The highest BCUT2D eigenvalue weighted by molar-refractivity contribution is 7.89. The lowest BCUT2D eigenvalue weighted by atomic mass is 10.1. The molecule has 0 bridgehead atoms. The number of aromatic nitrogens is 2. The van der Waals surface area contributed by atoms with Crippen LogP contribution < -0.4 is 5.32 Å². The zero-order valence-corrected chi connectivity index (χ0v) is 17.4. The van der Waals surface area contributed by atoms with Crippen molar-refractivity contribution in [3.8, 4) is 0 Å². The summed E-state index contributed by atoms with van der Waals surface area (Å²) in [5.41, 5.74) is 1.59. The van der Waals surface area contributed by atoms with Crippen LogP contribution in [0.5, 0.6) is 0 Å². The molecule has 0 saturated carbocycles. The standard InChI is InChI=1S/C19H25ClN4O3S/c1-2-3-5-18(24-10-4-11-28(24,26)27)19(25)22-17-12-21-23(14-17)13-15-6-8-16(20)9-7-15/h6-9,12,14,18H,2-5,10-11,13H2,1H3,(H,22,25). The second-order valence-corrected chi connectivity index (χ2v) is 9.46. The fourth-order valence-corrected chi connectivity index (χ4v) is 5.18. The van der Waals surface area contributed by atoms with E-state index in [2.05, 4.69) is 10.4 Å². The quantitative estimate of drug-likeness (QED) is 0.705. The summed E-state index contributed by atoms with van der Waals surface area (Å²) >= 11 is 5.90. The molecule has 0 aliphatic carbocycles. The van der Waals surface area contributed by atoms with Crippen LogP contribution in [0.15, 0.2) is 36.7 Å². The maximum Gasteiger partial charge on any atom is 0.242 e. The summed E-state index contributed by atoms with van der Waals surface area (Å²) in [6.45, 7) is 2.97. The van der Waals surface area contributed by atoms with Gasteiger partial charge in [0.25, 0.3) is 0 Å². The zero-order chi connectivity index (χ0) is 20.1. The summed E-state index contributed by atoms with van der Waals surface area (Å²) < 4.78 is 27.6. The topological polar surface area (TPSA) is 84.3 Å². The second-order valence-electron chi connectivity index (χ2n) is 6.98. The van der Waals surface area contributed by atoms with Crippen molar-refractivity contribution in [2.75, 3.05) is 17.6 Å². The molecule has 1 saturated heterocycles. The fraction of sp³-hybridized carbons (Fsp3) is 0.474. The summed E-state index contributed by atoms with van der Waals surface area (Å²) in [7, 11) is -3.35. The van der Waals surface area contributed by atoms with Crippen molar-refractivity contribution < 1.29 is 13.2 Å². The van der Waals surface area contributed by atoms with E-state index in [0.29, 0.717) is 36.6 Å². The molecule has 28 heavy (non-hydrogen) atoms. The van der Waals surface area contributed by atoms with Crippen LogP contribution in [-0.4, -0.2) is 46.8 Å². The SMILES string of the molecule is CCCCC(C(=O)Nc1cnn(Cc2ccc(Cl)cc2)c1)N1CCCS1(=O)=O. The highest BCUT2D eigenvalue weighted by Crippen LogP contribution is 2.22. The lowest BCUT2D eigenvalue weighted by molar-refractivity contribution is -0.119. The number of anilines is 1. The molecule has 0 spiro atoms. The molecular weight excluding hydrogens is 400 g/mol. The first-order chi connectivity index (χ1) is 13.4. The number of nitrogens with one attached hydrogen (secondary N) is 1. The fourth-order valence-electron chi connectivity index (χ4n) is 3.33. The van der Waals surface area contributed by atoms with E-state index >= 15 is 0 Å². The van der Waals surface area contributed by atoms with Crippen molar-refractivity contribution in [3.05, 3.63) is 47.2 Å². The largest absolute Gasteiger partial charge is 0.322 e. The van der Waals surface area contributed by atoms with Gasteiger partial charge in [-0.05, 0) is 30.5 Å². The average molecular weight is 425 g/mol. The first kappa shape index (κ1) is 20.8. The lowest BCUT2D eigenvalue weighted by Gasteiger charge is -2.25. The molecule has 1 atom stereocenters. The molecule has 2 aromatic rings. The summed E-state index contributed by atoms with van der Waals surface area (Å²) in [6.07, 6.45) is 6.08. The van der Waals surface area contributed by atoms with E-state index in [1.165, 1.54) is 4.31 Å². The Hall–Kier alpha value is -1.90. The Morgan fingerprint density at radius 3 is 2.71 bits per heavy atom. The van der Waals surface area contributed by atoms with Crippen molar-refractivity contribution in [2.45, 2.75) is 45.2 Å². The highest BCUT2D eigenvalue weighted by Gasteiger charge is 2.37. The Balaban J connectivity index is 1.68. The number of sulfonamides is 1. The highest BCUT2D eigenvalue weighted by atomic mass is 35.5. The van der Waals surface area contributed by atoms with E-state index in [0.717, 1.165) is 18.4 Å². The molecule has 1 unspecified atom stereocenters. The molecule has 1 aliphatic heterocycles. The van der Waals surface area contributed by atoms with Gasteiger partial charge in [-0.2, -0.15) is 9.40 Å². The first-order valence-electron chi connectivity index (χ1n) is 9.46. The van der Waals surface area contributed by atoms with Gasteiger partial charge in [0.2, 0.25) is 15.9 Å². The molecule has 0 radical (unpaired) electrons. The number of carbonyl (C=O) groups is 1. The molecule has 152 valence electrons. The van der Waals surface area contributed by atoms with Crippen LogP contribution in [0.3, 0.4) is 0 Å². The van der Waals surface area contributed by atoms with E-state index in [1.54, 1.807) is 17.1 Å². The van der Waals surface area contributed by atoms with Gasteiger partial charge in [-0.3, -0.25) is 9.48 Å². The van der Waals surface area contributed by atoms with Crippen LogP contribution in [-0.2, 0) is 21.4 Å². The van der Waals surface area contributed by atoms with Crippen LogP contribution >= 0.6 is 11.6 Å². The van der Waals surface area contributed by atoms with E-state index < -0.39 is 16.1 Å². The van der Waals surface area contributed by atoms with Crippen LogP contribution in [0.25, 0.3) is 0 Å². The van der Waals surface area contributed by atoms with Crippen molar-refractivity contribution >= 4 is 33.2 Å². The second kappa shape index (κ2) is 9.07. The summed E-state index contributed by atoms with van der Waals surface area (Å²) in [5.74, 6) is -0.188. The molecule has 1 aromatic carbocycles. The van der Waals surface area contributed by atoms with Gasteiger partial charge in [0.15, 0.2) is 0 Å². The van der Waals surface area contributed by atoms with Gasteiger partial charge in [-0.25, -0.2) is 8.42 Å². The summed E-state index contributed by atoms with van der Waals surface area (Å²) in [6, 6.07) is 6.80. The molecule has 3 rings (SSSR count). The van der Waals surface area contributed by atoms with Crippen LogP contribution in [0.2, 0.25) is 5.02 Å². The average Bonchev–Trinajstić information content (AvgIpc) is 3.23. The number of amides is 1. The predicted octanol–water partition coefficient (Wildman–Crippen LogP) is 3.12. The van der Waals surface area contributed by atoms with Gasteiger partial charge in [0.05, 0.1) is 24.2 Å². The number of nitrogens with zero attached hydrogens (tertiary/aromatic N) is 3.